The third kappa shape index (κ3) is 5.24. The third-order valence-electron chi connectivity index (χ3n) is 6.71. The highest BCUT2D eigenvalue weighted by Gasteiger charge is 2.27. The number of nitrogens with one attached hydrogen (secondary N) is 2. The van der Waals surface area contributed by atoms with Gasteiger partial charge in [-0.15, -0.1) is 0 Å². The van der Waals surface area contributed by atoms with E-state index in [0.717, 1.165) is 66.0 Å². The van der Waals surface area contributed by atoms with Crippen LogP contribution in [0.25, 0.3) is 16.8 Å². The predicted molar refractivity (Wildman–Crippen MR) is 141 cm³/mol. The Kier molecular flexibility index (Phi) is 6.84. The highest BCUT2D eigenvalue weighted by Crippen LogP contribution is 2.25. The maximum atomic E-state index is 12.9. The molecular formula is C28H30BN5O. The van der Waals surface area contributed by atoms with Crippen LogP contribution in [0, 0.1) is 0 Å². The number of benzene rings is 2. The Labute approximate surface area is 207 Å². The second-order valence-electron chi connectivity index (χ2n) is 9.29. The van der Waals surface area contributed by atoms with Gasteiger partial charge in [0.05, 0.1) is 14.0 Å². The average Bonchev–Trinajstić information content (AvgIpc) is 3.54. The zero-order valence-corrected chi connectivity index (χ0v) is 20.1. The van der Waals surface area contributed by atoms with Crippen molar-refractivity contribution in [2.75, 3.05) is 5.32 Å². The van der Waals surface area contributed by atoms with Crippen molar-refractivity contribution in [1.82, 2.24) is 19.9 Å². The average molecular weight is 463 g/mol. The molecule has 2 radical (unpaired) electrons. The Bertz CT molecular complexity index is 1300. The van der Waals surface area contributed by atoms with Crippen molar-refractivity contribution in [3.05, 3.63) is 83.7 Å². The van der Waals surface area contributed by atoms with Gasteiger partial charge in [-0.05, 0) is 48.9 Å². The zero-order valence-electron chi connectivity index (χ0n) is 20.1. The number of amides is 1. The van der Waals surface area contributed by atoms with Gasteiger partial charge in [-0.25, -0.2) is 4.98 Å². The number of carbonyl (C=O) groups excluding carboxylic acids is 1. The summed E-state index contributed by atoms with van der Waals surface area (Å²) < 4.78 is 1.86. The Hall–Kier alpha value is -3.61. The van der Waals surface area contributed by atoms with Crippen LogP contribution in [-0.2, 0) is 12.7 Å². The lowest BCUT2D eigenvalue weighted by Gasteiger charge is -2.17. The number of hydrogen-bond acceptors (Lipinski definition) is 4. The number of aryl methyl sites for hydroxylation is 1. The molecule has 2 heterocycles. The van der Waals surface area contributed by atoms with Crippen LogP contribution in [0.4, 0.5) is 5.82 Å². The summed E-state index contributed by atoms with van der Waals surface area (Å²) in [4.78, 5) is 17.6. The van der Waals surface area contributed by atoms with Gasteiger partial charge in [0.15, 0.2) is 5.65 Å². The molecular weight excluding hydrogens is 433 g/mol. The normalized spacial score (nSPS) is 17.5. The fourth-order valence-corrected chi connectivity index (χ4v) is 4.82. The lowest BCUT2D eigenvalue weighted by atomic mass is 9.95. The number of aromatic nitrogens is 3. The Morgan fingerprint density at radius 2 is 1.74 bits per heavy atom. The van der Waals surface area contributed by atoms with Crippen LogP contribution in [0.1, 0.15) is 54.2 Å². The van der Waals surface area contributed by atoms with Gasteiger partial charge in [0.25, 0.3) is 5.91 Å². The van der Waals surface area contributed by atoms with E-state index in [-0.39, 0.29) is 18.0 Å². The van der Waals surface area contributed by atoms with Crippen LogP contribution in [0.3, 0.4) is 0 Å². The molecule has 0 saturated heterocycles. The molecule has 5 rings (SSSR count). The third-order valence-corrected chi connectivity index (χ3v) is 6.71. The number of nitrogens with zero attached hydrogens (tertiary/aromatic N) is 3. The van der Waals surface area contributed by atoms with Crippen LogP contribution in [0.2, 0.25) is 0 Å². The summed E-state index contributed by atoms with van der Waals surface area (Å²) in [7, 11) is 5.69. The van der Waals surface area contributed by atoms with Gasteiger partial charge in [0, 0.05) is 35.5 Å². The summed E-state index contributed by atoms with van der Waals surface area (Å²) >= 11 is 0. The number of hydrogen-bond donors (Lipinski definition) is 2. The first-order chi connectivity index (χ1) is 17.1. The number of anilines is 1. The van der Waals surface area contributed by atoms with E-state index >= 15 is 0 Å². The molecule has 2 unspecified atom stereocenters. The van der Waals surface area contributed by atoms with E-state index in [0.29, 0.717) is 11.9 Å². The van der Waals surface area contributed by atoms with Crippen LogP contribution < -0.4 is 10.6 Å². The van der Waals surface area contributed by atoms with Gasteiger partial charge < -0.3 is 10.6 Å². The minimum absolute atomic E-state index is 0.0238. The van der Waals surface area contributed by atoms with Crippen LogP contribution >= 0.6 is 0 Å². The topological polar surface area (TPSA) is 71.3 Å². The van der Waals surface area contributed by atoms with Crippen molar-refractivity contribution in [3.63, 3.8) is 0 Å². The predicted octanol–water partition coefficient (Wildman–Crippen LogP) is 4.78. The van der Waals surface area contributed by atoms with Crippen LogP contribution in [0.15, 0.2) is 66.9 Å². The molecule has 0 aliphatic heterocycles. The Morgan fingerprint density at radius 3 is 2.46 bits per heavy atom. The van der Waals surface area contributed by atoms with E-state index < -0.39 is 0 Å². The molecule has 35 heavy (non-hydrogen) atoms. The van der Waals surface area contributed by atoms with E-state index in [4.69, 9.17) is 7.85 Å². The van der Waals surface area contributed by atoms with E-state index in [1.54, 1.807) is 6.20 Å². The highest BCUT2D eigenvalue weighted by molar-refractivity contribution is 6.08. The molecule has 2 atom stereocenters. The van der Waals surface area contributed by atoms with Gasteiger partial charge in [0.2, 0.25) is 0 Å². The smallest absolute Gasteiger partial charge is 0.251 e. The maximum absolute atomic E-state index is 12.9. The summed E-state index contributed by atoms with van der Waals surface area (Å²) in [5.74, 6) is 0.944. The molecule has 2 aromatic carbocycles. The van der Waals surface area contributed by atoms with Crippen molar-refractivity contribution < 1.29 is 4.79 Å². The first kappa shape index (κ1) is 23.2. The summed E-state index contributed by atoms with van der Waals surface area (Å²) in [6.07, 6.45) is 7.13. The molecule has 1 aliphatic carbocycles. The summed E-state index contributed by atoms with van der Waals surface area (Å²) in [5, 5.41) is 11.3. The minimum Gasteiger partial charge on any atom is -0.367 e. The number of carbonyl (C=O) groups is 1. The van der Waals surface area contributed by atoms with E-state index in [9.17, 15) is 4.79 Å². The largest absolute Gasteiger partial charge is 0.367 e. The molecule has 1 fully saturated rings. The lowest BCUT2D eigenvalue weighted by molar-refractivity contribution is 0.0938. The monoisotopic (exact) mass is 463 g/mol. The molecule has 1 aliphatic rings. The van der Waals surface area contributed by atoms with Crippen molar-refractivity contribution in [2.45, 2.75) is 57.4 Å². The van der Waals surface area contributed by atoms with E-state index in [1.807, 2.05) is 47.0 Å². The van der Waals surface area contributed by atoms with Gasteiger partial charge in [0.1, 0.15) is 5.82 Å². The van der Waals surface area contributed by atoms with Crippen LogP contribution in [-0.4, -0.2) is 40.4 Å². The molecule has 7 heteroatoms. The molecule has 1 amide bonds. The van der Waals surface area contributed by atoms with Crippen molar-refractivity contribution in [3.8, 4) is 11.1 Å². The first-order valence-electron chi connectivity index (χ1n) is 12.4. The second-order valence-corrected chi connectivity index (χ2v) is 9.29. The fourth-order valence-electron chi connectivity index (χ4n) is 4.82. The molecule has 2 aromatic heterocycles. The van der Waals surface area contributed by atoms with E-state index in [1.165, 1.54) is 0 Å². The highest BCUT2D eigenvalue weighted by atomic mass is 16.1. The SMILES string of the molecule is [B]Cc1ccc(-c2ccc(C(=O)NC3CCC(Nc4cc(CCC)nc5ccnn45)C3)cc2)cc1. The van der Waals surface area contributed by atoms with Gasteiger partial charge in [-0.1, -0.05) is 61.6 Å². The molecule has 4 aromatic rings. The first-order valence-corrected chi connectivity index (χ1v) is 12.4. The van der Waals surface area contributed by atoms with E-state index in [2.05, 4.69) is 45.8 Å². The fraction of sp³-hybridized carbons (Fsp3) is 0.321. The zero-order chi connectivity index (χ0) is 24.2. The quantitative estimate of drug-likeness (QED) is 0.369. The maximum Gasteiger partial charge on any atom is 0.251 e. The summed E-state index contributed by atoms with van der Waals surface area (Å²) in [5.41, 5.74) is 5.92. The molecule has 2 N–H and O–H groups in total. The van der Waals surface area contributed by atoms with Crippen molar-refractivity contribution in [1.29, 1.82) is 0 Å². The summed E-state index contributed by atoms with van der Waals surface area (Å²) in [6.45, 7) is 2.16. The second kappa shape index (κ2) is 10.3. The molecule has 0 spiro atoms. The lowest BCUT2D eigenvalue weighted by Crippen LogP contribution is -2.34. The molecule has 1 saturated carbocycles. The summed E-state index contributed by atoms with van der Waals surface area (Å²) in [6, 6.07) is 20.4. The number of fused-ring (bicyclic) bond motifs is 1. The van der Waals surface area contributed by atoms with Crippen molar-refractivity contribution in [2.24, 2.45) is 0 Å². The van der Waals surface area contributed by atoms with Gasteiger partial charge in [-0.3, -0.25) is 4.79 Å². The standard InChI is InChI=1S/C28H30BN5O/c1-2-3-23-17-27(34-26(31-23)14-15-30-34)32-24-12-13-25(16-24)33-28(35)22-10-8-21(9-11-22)20-6-4-19(18-29)5-7-20/h4-11,14-15,17,24-25,32H,2-3,12-13,16,18H2,1H3,(H,33,35). The van der Waals surface area contributed by atoms with Gasteiger partial charge >= 0.3 is 0 Å². The molecule has 0 bridgehead atoms. The molecule has 6 nitrogen and oxygen atoms in total. The van der Waals surface area contributed by atoms with Gasteiger partial charge in [-0.2, -0.15) is 9.61 Å². The minimum atomic E-state index is -0.0238. The van der Waals surface area contributed by atoms with Crippen molar-refractivity contribution >= 4 is 25.2 Å². The number of rotatable bonds is 8. The Morgan fingerprint density at radius 1 is 1.03 bits per heavy atom. The Balaban J connectivity index is 1.19. The van der Waals surface area contributed by atoms with Crippen LogP contribution in [0.5, 0.6) is 0 Å². The molecule has 176 valence electrons.